The SMILES string of the molecule is CC(C)(CO)c1ncccn1. The van der Waals surface area contributed by atoms with Crippen molar-refractivity contribution in [2.45, 2.75) is 19.3 Å². The first-order chi connectivity index (χ1) is 5.17. The highest BCUT2D eigenvalue weighted by atomic mass is 16.3. The second-order valence-electron chi connectivity index (χ2n) is 3.11. The van der Waals surface area contributed by atoms with Crippen molar-refractivity contribution < 1.29 is 5.11 Å². The van der Waals surface area contributed by atoms with Crippen molar-refractivity contribution in [2.24, 2.45) is 0 Å². The van der Waals surface area contributed by atoms with Crippen molar-refractivity contribution in [1.29, 1.82) is 0 Å². The van der Waals surface area contributed by atoms with Crippen LogP contribution in [0.25, 0.3) is 0 Å². The van der Waals surface area contributed by atoms with Crippen LogP contribution in [0.3, 0.4) is 0 Å². The molecule has 1 heterocycles. The Hall–Kier alpha value is -0.960. The predicted octanol–water partition coefficient (Wildman–Crippen LogP) is 0.746. The average Bonchev–Trinajstić information content (AvgIpc) is 2.06. The minimum atomic E-state index is -0.332. The summed E-state index contributed by atoms with van der Waals surface area (Å²) in [6.07, 6.45) is 3.36. The first-order valence-electron chi connectivity index (χ1n) is 3.55. The van der Waals surface area contributed by atoms with Gasteiger partial charge in [0.25, 0.3) is 0 Å². The Morgan fingerprint density at radius 2 is 1.91 bits per heavy atom. The molecule has 0 atom stereocenters. The topological polar surface area (TPSA) is 46.0 Å². The molecule has 1 rings (SSSR count). The van der Waals surface area contributed by atoms with Gasteiger partial charge in [0.05, 0.1) is 6.61 Å². The number of aliphatic hydroxyl groups is 1. The van der Waals surface area contributed by atoms with E-state index in [9.17, 15) is 0 Å². The maximum absolute atomic E-state index is 8.97. The molecule has 0 saturated heterocycles. The summed E-state index contributed by atoms with van der Waals surface area (Å²) >= 11 is 0. The number of nitrogens with zero attached hydrogens (tertiary/aromatic N) is 2. The van der Waals surface area contributed by atoms with Gasteiger partial charge in [-0.1, -0.05) is 13.8 Å². The summed E-state index contributed by atoms with van der Waals surface area (Å²) in [7, 11) is 0. The fraction of sp³-hybridized carbons (Fsp3) is 0.500. The van der Waals surface area contributed by atoms with Gasteiger partial charge in [0, 0.05) is 17.8 Å². The van der Waals surface area contributed by atoms with Crippen LogP contribution in [-0.2, 0) is 5.41 Å². The largest absolute Gasteiger partial charge is 0.395 e. The Kier molecular flexibility index (Phi) is 2.19. The van der Waals surface area contributed by atoms with Crippen LogP contribution >= 0.6 is 0 Å². The van der Waals surface area contributed by atoms with E-state index in [0.29, 0.717) is 5.82 Å². The van der Waals surface area contributed by atoms with Crippen molar-refractivity contribution in [3.8, 4) is 0 Å². The molecule has 0 spiro atoms. The second kappa shape index (κ2) is 2.96. The van der Waals surface area contributed by atoms with E-state index >= 15 is 0 Å². The van der Waals surface area contributed by atoms with Gasteiger partial charge in [-0.3, -0.25) is 0 Å². The monoisotopic (exact) mass is 152 g/mol. The highest BCUT2D eigenvalue weighted by Crippen LogP contribution is 2.16. The molecular formula is C8H12N2O. The molecular weight excluding hydrogens is 140 g/mol. The first kappa shape index (κ1) is 8.14. The molecule has 0 aliphatic heterocycles. The van der Waals surface area contributed by atoms with Gasteiger partial charge < -0.3 is 5.11 Å². The third kappa shape index (κ3) is 1.74. The molecule has 60 valence electrons. The maximum Gasteiger partial charge on any atom is 0.136 e. The molecule has 11 heavy (non-hydrogen) atoms. The normalized spacial score (nSPS) is 11.5. The molecule has 0 aliphatic rings. The molecule has 0 saturated carbocycles. The lowest BCUT2D eigenvalue weighted by Crippen LogP contribution is -2.24. The molecule has 1 N–H and O–H groups in total. The summed E-state index contributed by atoms with van der Waals surface area (Å²) < 4.78 is 0. The van der Waals surface area contributed by atoms with Gasteiger partial charge in [-0.05, 0) is 6.07 Å². The summed E-state index contributed by atoms with van der Waals surface area (Å²) in [5.41, 5.74) is -0.332. The van der Waals surface area contributed by atoms with Gasteiger partial charge in [-0.15, -0.1) is 0 Å². The summed E-state index contributed by atoms with van der Waals surface area (Å²) in [5.74, 6) is 0.683. The molecule has 0 amide bonds. The average molecular weight is 152 g/mol. The predicted molar refractivity (Wildman–Crippen MR) is 42.1 cm³/mol. The zero-order valence-electron chi connectivity index (χ0n) is 6.78. The van der Waals surface area contributed by atoms with Gasteiger partial charge in [-0.25, -0.2) is 9.97 Å². The number of rotatable bonds is 2. The third-order valence-corrected chi connectivity index (χ3v) is 1.57. The number of aliphatic hydroxyl groups excluding tert-OH is 1. The van der Waals surface area contributed by atoms with E-state index in [1.54, 1.807) is 18.5 Å². The lowest BCUT2D eigenvalue weighted by molar-refractivity contribution is 0.211. The van der Waals surface area contributed by atoms with Crippen LogP contribution in [0.15, 0.2) is 18.5 Å². The van der Waals surface area contributed by atoms with E-state index in [1.165, 1.54) is 0 Å². The van der Waals surface area contributed by atoms with Gasteiger partial charge in [0.15, 0.2) is 0 Å². The molecule has 1 aromatic rings. The number of hydrogen-bond acceptors (Lipinski definition) is 3. The van der Waals surface area contributed by atoms with Gasteiger partial charge in [0.1, 0.15) is 5.82 Å². The summed E-state index contributed by atoms with van der Waals surface area (Å²) in [4.78, 5) is 8.10. The van der Waals surface area contributed by atoms with Crippen LogP contribution < -0.4 is 0 Å². The Morgan fingerprint density at radius 1 is 1.36 bits per heavy atom. The van der Waals surface area contributed by atoms with E-state index in [4.69, 9.17) is 5.11 Å². The molecule has 0 bridgehead atoms. The smallest absolute Gasteiger partial charge is 0.136 e. The minimum Gasteiger partial charge on any atom is -0.395 e. The van der Waals surface area contributed by atoms with Crippen LogP contribution in [0.4, 0.5) is 0 Å². The quantitative estimate of drug-likeness (QED) is 0.680. The van der Waals surface area contributed by atoms with Crippen LogP contribution in [-0.4, -0.2) is 21.7 Å². The standard InChI is InChI=1S/C8H12N2O/c1-8(2,6-11)7-9-4-3-5-10-7/h3-5,11H,6H2,1-2H3. The van der Waals surface area contributed by atoms with Crippen LogP contribution in [0.1, 0.15) is 19.7 Å². The second-order valence-corrected chi connectivity index (χ2v) is 3.11. The highest BCUT2D eigenvalue weighted by Gasteiger charge is 2.21. The Balaban J connectivity index is 2.93. The van der Waals surface area contributed by atoms with E-state index in [0.717, 1.165) is 0 Å². The van der Waals surface area contributed by atoms with Crippen LogP contribution in [0.5, 0.6) is 0 Å². The Bertz CT molecular complexity index is 221. The summed E-state index contributed by atoms with van der Waals surface area (Å²) in [5, 5.41) is 8.97. The number of hydrogen-bond donors (Lipinski definition) is 1. The van der Waals surface area contributed by atoms with E-state index in [2.05, 4.69) is 9.97 Å². The zero-order valence-corrected chi connectivity index (χ0v) is 6.78. The molecule has 0 fully saturated rings. The minimum absolute atomic E-state index is 0.0665. The van der Waals surface area contributed by atoms with Gasteiger partial charge in [-0.2, -0.15) is 0 Å². The first-order valence-corrected chi connectivity index (χ1v) is 3.55. The van der Waals surface area contributed by atoms with Gasteiger partial charge >= 0.3 is 0 Å². The van der Waals surface area contributed by atoms with Crippen molar-refractivity contribution >= 4 is 0 Å². The van der Waals surface area contributed by atoms with E-state index in [1.807, 2.05) is 13.8 Å². The van der Waals surface area contributed by atoms with Gasteiger partial charge in [0.2, 0.25) is 0 Å². The fourth-order valence-electron chi connectivity index (χ4n) is 0.719. The van der Waals surface area contributed by atoms with E-state index < -0.39 is 0 Å². The number of aromatic nitrogens is 2. The molecule has 0 unspecified atom stereocenters. The van der Waals surface area contributed by atoms with Crippen LogP contribution in [0.2, 0.25) is 0 Å². The molecule has 3 nitrogen and oxygen atoms in total. The van der Waals surface area contributed by atoms with Crippen molar-refractivity contribution in [3.63, 3.8) is 0 Å². The van der Waals surface area contributed by atoms with Crippen molar-refractivity contribution in [3.05, 3.63) is 24.3 Å². The molecule has 1 aromatic heterocycles. The van der Waals surface area contributed by atoms with Crippen molar-refractivity contribution in [2.75, 3.05) is 6.61 Å². The van der Waals surface area contributed by atoms with Crippen molar-refractivity contribution in [1.82, 2.24) is 9.97 Å². The maximum atomic E-state index is 8.97. The lowest BCUT2D eigenvalue weighted by Gasteiger charge is -2.18. The molecule has 0 aromatic carbocycles. The Morgan fingerprint density at radius 3 is 2.36 bits per heavy atom. The molecule has 0 radical (unpaired) electrons. The third-order valence-electron chi connectivity index (χ3n) is 1.57. The Labute approximate surface area is 66.1 Å². The summed E-state index contributed by atoms with van der Waals surface area (Å²) in [6, 6.07) is 1.76. The highest BCUT2D eigenvalue weighted by molar-refractivity contribution is 5.03. The van der Waals surface area contributed by atoms with E-state index in [-0.39, 0.29) is 12.0 Å². The lowest BCUT2D eigenvalue weighted by atomic mass is 9.94. The fourth-order valence-corrected chi connectivity index (χ4v) is 0.719. The summed E-state index contributed by atoms with van der Waals surface area (Å²) in [6.45, 7) is 3.88. The van der Waals surface area contributed by atoms with Crippen LogP contribution in [0, 0.1) is 0 Å². The molecule has 3 heteroatoms. The molecule has 0 aliphatic carbocycles. The zero-order chi connectivity index (χ0) is 8.32.